The van der Waals surface area contributed by atoms with Gasteiger partial charge < -0.3 is 9.15 Å². The lowest BCUT2D eigenvalue weighted by atomic mass is 10.2. The summed E-state index contributed by atoms with van der Waals surface area (Å²) in [5.41, 5.74) is 0.786. The third-order valence-electron chi connectivity index (χ3n) is 4.22. The largest absolute Gasteiger partial charge is 0.420 e. The molecule has 0 saturated carbocycles. The Bertz CT molecular complexity index is 1070. The van der Waals surface area contributed by atoms with Crippen molar-refractivity contribution in [3.8, 4) is 11.5 Å². The van der Waals surface area contributed by atoms with Crippen LogP contribution >= 0.6 is 23.4 Å². The highest BCUT2D eigenvalue weighted by Crippen LogP contribution is 2.25. The zero-order chi connectivity index (χ0) is 20.3. The summed E-state index contributed by atoms with van der Waals surface area (Å²) in [6.07, 6.45) is 1.38. The van der Waals surface area contributed by atoms with Crippen molar-refractivity contribution in [1.29, 1.82) is 0 Å². The number of morpholine rings is 1. The number of hydrogen-bond donors (Lipinski definition) is 0. The fourth-order valence-electron chi connectivity index (χ4n) is 2.70. The Balaban J connectivity index is 1.39. The molecule has 1 aromatic carbocycles. The maximum absolute atomic E-state index is 12.6. The molecule has 1 aliphatic rings. The van der Waals surface area contributed by atoms with E-state index in [9.17, 15) is 8.42 Å². The second kappa shape index (κ2) is 8.80. The van der Waals surface area contributed by atoms with Crippen molar-refractivity contribution in [2.45, 2.75) is 15.7 Å². The Labute approximate surface area is 177 Å². The molecule has 152 valence electrons. The summed E-state index contributed by atoms with van der Waals surface area (Å²) < 4.78 is 37.5. The highest BCUT2D eigenvalue weighted by Gasteiger charge is 2.26. The van der Waals surface area contributed by atoms with E-state index in [1.165, 1.54) is 22.3 Å². The number of sulfonamides is 1. The van der Waals surface area contributed by atoms with Crippen molar-refractivity contribution >= 4 is 33.4 Å². The van der Waals surface area contributed by atoms with Gasteiger partial charge in [-0.05, 0) is 36.4 Å². The number of ether oxygens (including phenoxy) is 1. The van der Waals surface area contributed by atoms with Gasteiger partial charge in [0.05, 0.1) is 24.0 Å². The minimum absolute atomic E-state index is 0.173. The predicted octanol–water partition coefficient (Wildman–Crippen LogP) is 3.10. The van der Waals surface area contributed by atoms with E-state index in [-0.39, 0.29) is 4.90 Å². The van der Waals surface area contributed by atoms with Crippen molar-refractivity contribution in [3.05, 3.63) is 53.5 Å². The van der Waals surface area contributed by atoms with Crippen LogP contribution in [0.15, 0.2) is 56.9 Å². The lowest BCUT2D eigenvalue weighted by Crippen LogP contribution is -2.40. The van der Waals surface area contributed by atoms with Crippen molar-refractivity contribution in [1.82, 2.24) is 19.5 Å². The van der Waals surface area contributed by atoms with E-state index in [4.69, 9.17) is 20.8 Å². The van der Waals surface area contributed by atoms with Gasteiger partial charge in [-0.2, -0.15) is 4.31 Å². The predicted molar refractivity (Wildman–Crippen MR) is 108 cm³/mol. The molecule has 3 heterocycles. The minimum Gasteiger partial charge on any atom is -0.420 e. The molecule has 4 rings (SSSR count). The van der Waals surface area contributed by atoms with E-state index in [1.54, 1.807) is 24.3 Å². The van der Waals surface area contributed by atoms with Crippen LogP contribution < -0.4 is 0 Å². The maximum Gasteiger partial charge on any atom is 0.247 e. The smallest absolute Gasteiger partial charge is 0.247 e. The number of rotatable bonds is 6. The van der Waals surface area contributed by atoms with Crippen molar-refractivity contribution in [2.75, 3.05) is 26.3 Å². The molecular weight excluding hydrogens is 436 g/mol. The molecule has 0 amide bonds. The van der Waals surface area contributed by atoms with Crippen molar-refractivity contribution < 1.29 is 17.6 Å². The molecular formula is C18H17ClN4O4S2. The van der Waals surface area contributed by atoms with Gasteiger partial charge in [0.25, 0.3) is 0 Å². The molecule has 1 saturated heterocycles. The second-order valence-electron chi connectivity index (χ2n) is 6.15. The van der Waals surface area contributed by atoms with Crippen LogP contribution in [-0.4, -0.2) is 54.2 Å². The summed E-state index contributed by atoms with van der Waals surface area (Å²) in [7, 11) is -3.54. The van der Waals surface area contributed by atoms with Crippen molar-refractivity contribution in [2.24, 2.45) is 0 Å². The third kappa shape index (κ3) is 4.78. The number of pyridine rings is 1. The molecule has 0 N–H and O–H groups in total. The Hall–Kier alpha value is -1.98. The van der Waals surface area contributed by atoms with Crippen LogP contribution in [0, 0.1) is 0 Å². The summed E-state index contributed by atoms with van der Waals surface area (Å²) in [6, 6.07) is 10.4. The number of nitrogens with zero attached hydrogens (tertiary/aromatic N) is 4. The van der Waals surface area contributed by atoms with E-state index < -0.39 is 10.0 Å². The average Bonchev–Trinajstić information content (AvgIpc) is 3.23. The Kier molecular flexibility index (Phi) is 6.16. The zero-order valence-electron chi connectivity index (χ0n) is 15.2. The number of hydrogen-bond acceptors (Lipinski definition) is 8. The van der Waals surface area contributed by atoms with Gasteiger partial charge in [0.15, 0.2) is 0 Å². The van der Waals surface area contributed by atoms with Crippen molar-refractivity contribution in [3.63, 3.8) is 0 Å². The first-order valence-corrected chi connectivity index (χ1v) is 11.6. The molecule has 0 aliphatic carbocycles. The van der Waals surface area contributed by atoms with Crippen LogP contribution in [0.2, 0.25) is 5.02 Å². The van der Waals surface area contributed by atoms with Gasteiger partial charge in [0.2, 0.25) is 21.8 Å². The van der Waals surface area contributed by atoms with E-state index in [0.29, 0.717) is 53.9 Å². The van der Waals surface area contributed by atoms with Crippen LogP contribution in [0.1, 0.15) is 5.89 Å². The fraction of sp³-hybridized carbons (Fsp3) is 0.278. The Morgan fingerprint density at radius 1 is 1.07 bits per heavy atom. The van der Waals surface area contributed by atoms with Crippen LogP contribution in [0.3, 0.4) is 0 Å². The van der Waals surface area contributed by atoms with Crippen LogP contribution in [0.5, 0.6) is 0 Å². The number of halogens is 1. The average molecular weight is 453 g/mol. The molecule has 0 atom stereocenters. The summed E-state index contributed by atoms with van der Waals surface area (Å²) in [5.74, 6) is 1.28. The topological polar surface area (TPSA) is 98.4 Å². The quantitative estimate of drug-likeness (QED) is 0.526. The van der Waals surface area contributed by atoms with E-state index >= 15 is 0 Å². The SMILES string of the molecule is O=S(=O)(c1ccc(SCc2nnc(-c3ccc(Cl)cc3)o2)nc1)N1CCOCC1. The lowest BCUT2D eigenvalue weighted by molar-refractivity contribution is 0.0730. The van der Waals surface area contributed by atoms with Crippen LogP contribution in [0.25, 0.3) is 11.5 Å². The standard InChI is InChI=1S/C18H17ClN4O4S2/c19-14-3-1-13(2-4-14)18-22-21-16(27-18)12-28-17-6-5-15(11-20-17)29(24,25)23-7-9-26-10-8-23/h1-6,11H,7-10,12H2. The molecule has 0 spiro atoms. The molecule has 11 heteroatoms. The Morgan fingerprint density at radius 2 is 1.83 bits per heavy atom. The van der Waals surface area contributed by atoms with Gasteiger partial charge in [-0.25, -0.2) is 13.4 Å². The zero-order valence-corrected chi connectivity index (χ0v) is 17.6. The van der Waals surface area contributed by atoms with Gasteiger partial charge in [-0.15, -0.1) is 10.2 Å². The normalized spacial score (nSPS) is 15.5. The molecule has 8 nitrogen and oxygen atoms in total. The first-order valence-electron chi connectivity index (χ1n) is 8.77. The van der Waals surface area contributed by atoms with Crippen LogP contribution in [0.4, 0.5) is 0 Å². The molecule has 0 radical (unpaired) electrons. The minimum atomic E-state index is -3.54. The number of aromatic nitrogens is 3. The molecule has 1 fully saturated rings. The number of benzene rings is 1. The molecule has 3 aromatic rings. The molecule has 29 heavy (non-hydrogen) atoms. The highest BCUT2D eigenvalue weighted by atomic mass is 35.5. The summed E-state index contributed by atoms with van der Waals surface area (Å²) in [4.78, 5) is 4.42. The second-order valence-corrected chi connectivity index (χ2v) is 9.52. The van der Waals surface area contributed by atoms with Gasteiger partial charge in [-0.3, -0.25) is 0 Å². The van der Waals surface area contributed by atoms with Gasteiger partial charge >= 0.3 is 0 Å². The summed E-state index contributed by atoms with van der Waals surface area (Å²) in [5, 5.41) is 9.37. The Morgan fingerprint density at radius 3 is 2.52 bits per heavy atom. The molecule has 0 bridgehead atoms. The van der Waals surface area contributed by atoms with Gasteiger partial charge in [0.1, 0.15) is 4.90 Å². The first-order chi connectivity index (χ1) is 14.0. The summed E-state index contributed by atoms with van der Waals surface area (Å²) in [6.45, 7) is 1.52. The highest BCUT2D eigenvalue weighted by molar-refractivity contribution is 7.98. The van der Waals surface area contributed by atoms with Gasteiger partial charge in [0, 0.05) is 29.9 Å². The monoisotopic (exact) mass is 452 g/mol. The number of thioether (sulfide) groups is 1. The molecule has 2 aromatic heterocycles. The summed E-state index contributed by atoms with van der Waals surface area (Å²) >= 11 is 7.26. The third-order valence-corrected chi connectivity index (χ3v) is 7.28. The molecule has 1 aliphatic heterocycles. The van der Waals surface area contributed by atoms with E-state index in [1.807, 2.05) is 12.1 Å². The maximum atomic E-state index is 12.6. The van der Waals surface area contributed by atoms with Crippen LogP contribution in [-0.2, 0) is 20.5 Å². The molecule has 0 unspecified atom stereocenters. The van der Waals surface area contributed by atoms with E-state index in [0.717, 1.165) is 5.56 Å². The first kappa shape index (κ1) is 20.3. The lowest BCUT2D eigenvalue weighted by Gasteiger charge is -2.25. The van der Waals surface area contributed by atoms with Gasteiger partial charge in [-0.1, -0.05) is 23.4 Å². The van der Waals surface area contributed by atoms with E-state index in [2.05, 4.69) is 15.2 Å². The fourth-order valence-corrected chi connectivity index (χ4v) is 4.86.